The summed E-state index contributed by atoms with van der Waals surface area (Å²) in [4.78, 5) is 13.5. The van der Waals surface area contributed by atoms with Crippen LogP contribution in [0.2, 0.25) is 0 Å². The number of hydrogen-bond donors (Lipinski definition) is 2. The molecule has 8 nitrogen and oxygen atoms in total. The normalized spacial score (nSPS) is 22.2. The molecule has 2 N–H and O–H groups in total. The molecule has 8 heteroatoms. The molecule has 1 fully saturated rings. The van der Waals surface area contributed by atoms with Crippen LogP contribution in [0, 0.1) is 0 Å². The summed E-state index contributed by atoms with van der Waals surface area (Å²) >= 11 is 0. The van der Waals surface area contributed by atoms with E-state index in [1.54, 1.807) is 6.33 Å². The highest BCUT2D eigenvalue weighted by molar-refractivity contribution is 5.69. The van der Waals surface area contributed by atoms with Crippen LogP contribution in [0.15, 0.2) is 54.9 Å². The smallest absolute Gasteiger partial charge is 0.184 e. The first kappa shape index (κ1) is 21.2. The number of ether oxygens (including phenoxy) is 2. The molecule has 0 amide bonds. The van der Waals surface area contributed by atoms with Gasteiger partial charge in [0, 0.05) is 38.3 Å². The molecular formula is C26H29N5O3. The highest BCUT2D eigenvalue weighted by atomic mass is 16.6. The van der Waals surface area contributed by atoms with Crippen molar-refractivity contribution in [2.24, 2.45) is 0 Å². The lowest BCUT2D eigenvalue weighted by Gasteiger charge is -2.43. The van der Waals surface area contributed by atoms with Crippen LogP contribution in [-0.2, 0) is 13.0 Å². The molecule has 0 aliphatic carbocycles. The van der Waals surface area contributed by atoms with Crippen molar-refractivity contribution in [1.29, 1.82) is 0 Å². The summed E-state index contributed by atoms with van der Waals surface area (Å²) in [7, 11) is 0. The Balaban J connectivity index is 1.13. The number of anilines is 3. The monoisotopic (exact) mass is 459 g/mol. The minimum Gasteiger partial charge on any atom is -0.486 e. The van der Waals surface area contributed by atoms with Gasteiger partial charge >= 0.3 is 0 Å². The van der Waals surface area contributed by atoms with E-state index in [-0.39, 0.29) is 6.04 Å². The summed E-state index contributed by atoms with van der Waals surface area (Å²) in [6.45, 7) is 4.37. The minimum absolute atomic E-state index is 0.164. The molecule has 2 atom stereocenters. The maximum atomic E-state index is 11.1. The van der Waals surface area contributed by atoms with Gasteiger partial charge in [-0.1, -0.05) is 30.3 Å². The summed E-state index contributed by atoms with van der Waals surface area (Å²) in [5.41, 5.74) is 3.63. The van der Waals surface area contributed by atoms with E-state index in [0.29, 0.717) is 31.3 Å². The highest BCUT2D eigenvalue weighted by Crippen LogP contribution is 2.38. The number of β-amino-alcohol motifs (C(OH)–C–C–N with tert-alkyl or cyclic N) is 1. The van der Waals surface area contributed by atoms with E-state index in [9.17, 15) is 5.11 Å². The molecule has 0 bridgehead atoms. The van der Waals surface area contributed by atoms with Crippen molar-refractivity contribution in [2.75, 3.05) is 43.1 Å². The molecule has 1 aromatic heterocycles. The van der Waals surface area contributed by atoms with Gasteiger partial charge in [-0.15, -0.1) is 0 Å². The second-order valence-corrected chi connectivity index (χ2v) is 9.07. The number of piperidine rings is 1. The van der Waals surface area contributed by atoms with Crippen LogP contribution < -0.4 is 19.7 Å². The predicted molar refractivity (Wildman–Crippen MR) is 130 cm³/mol. The van der Waals surface area contributed by atoms with Gasteiger partial charge < -0.3 is 24.8 Å². The fraction of sp³-hybridized carbons (Fsp3) is 0.385. The third kappa shape index (κ3) is 4.15. The Morgan fingerprint density at radius 1 is 0.971 bits per heavy atom. The lowest BCUT2D eigenvalue weighted by molar-refractivity contribution is 0.0293. The lowest BCUT2D eigenvalue weighted by atomic mass is 9.94. The Kier molecular flexibility index (Phi) is 5.68. The van der Waals surface area contributed by atoms with Crippen LogP contribution in [0.1, 0.15) is 17.5 Å². The van der Waals surface area contributed by atoms with Gasteiger partial charge in [0.25, 0.3) is 0 Å². The van der Waals surface area contributed by atoms with Crippen LogP contribution >= 0.6 is 0 Å². The van der Waals surface area contributed by atoms with Gasteiger partial charge in [-0.3, -0.25) is 4.90 Å². The van der Waals surface area contributed by atoms with Gasteiger partial charge in [-0.05, 0) is 36.1 Å². The number of aromatic nitrogens is 2. The Morgan fingerprint density at radius 2 is 1.85 bits per heavy atom. The molecule has 0 spiro atoms. The van der Waals surface area contributed by atoms with E-state index >= 15 is 0 Å². The first-order chi connectivity index (χ1) is 16.7. The largest absolute Gasteiger partial charge is 0.486 e. The molecule has 6 rings (SSSR count). The number of aliphatic hydroxyl groups excluding tert-OH is 1. The fourth-order valence-corrected chi connectivity index (χ4v) is 5.25. The molecule has 3 aliphatic heterocycles. The number of nitrogens with one attached hydrogen (secondary N) is 1. The molecule has 3 aliphatic rings. The average molecular weight is 460 g/mol. The predicted octanol–water partition coefficient (Wildman–Crippen LogP) is 2.99. The molecule has 0 saturated carbocycles. The summed E-state index contributed by atoms with van der Waals surface area (Å²) in [6, 6.07) is 16.5. The first-order valence-corrected chi connectivity index (χ1v) is 12.0. The Hall–Kier alpha value is -3.36. The van der Waals surface area contributed by atoms with E-state index in [2.05, 4.69) is 49.4 Å². The van der Waals surface area contributed by atoms with Gasteiger partial charge in [-0.25, -0.2) is 9.97 Å². The molecule has 0 radical (unpaired) electrons. The summed E-state index contributed by atoms with van der Waals surface area (Å²) < 4.78 is 11.5. The lowest BCUT2D eigenvalue weighted by Crippen LogP contribution is -2.55. The number of fused-ring (bicyclic) bond motifs is 2. The average Bonchev–Trinajstić information content (AvgIpc) is 2.89. The number of benzene rings is 2. The standard InChI is InChI=1S/C26H29N5O3/c32-22-16-31(11-9-21(22)30-10-8-18-4-1-2-5-19(18)15-30)25-14-24(27-17-28-25)29-20-6-3-7-23-26(20)34-13-12-33-23/h1-7,14,17,21-22,32H,8-13,15-16H2,(H,27,28,29)/t21-,22-/m0/s1. The van der Waals surface area contributed by atoms with Crippen molar-refractivity contribution < 1.29 is 14.6 Å². The Labute approximate surface area is 199 Å². The van der Waals surface area contributed by atoms with Crippen molar-refractivity contribution in [3.8, 4) is 11.5 Å². The summed E-state index contributed by atoms with van der Waals surface area (Å²) in [6.07, 6.45) is 3.07. The number of para-hydroxylation sites is 1. The molecule has 2 aromatic carbocycles. The Morgan fingerprint density at radius 3 is 2.76 bits per heavy atom. The van der Waals surface area contributed by atoms with E-state index < -0.39 is 6.10 Å². The van der Waals surface area contributed by atoms with Crippen molar-refractivity contribution in [3.63, 3.8) is 0 Å². The van der Waals surface area contributed by atoms with Crippen LogP contribution in [0.3, 0.4) is 0 Å². The zero-order chi connectivity index (χ0) is 22.9. The van der Waals surface area contributed by atoms with E-state index in [1.165, 1.54) is 11.1 Å². The topological polar surface area (TPSA) is 83.0 Å². The van der Waals surface area contributed by atoms with Crippen molar-refractivity contribution in [2.45, 2.75) is 31.5 Å². The van der Waals surface area contributed by atoms with Gasteiger partial charge in [-0.2, -0.15) is 0 Å². The molecule has 0 unspecified atom stereocenters. The summed E-state index contributed by atoms with van der Waals surface area (Å²) in [5.74, 6) is 2.92. The quantitative estimate of drug-likeness (QED) is 0.616. The number of nitrogens with zero attached hydrogens (tertiary/aromatic N) is 4. The highest BCUT2D eigenvalue weighted by Gasteiger charge is 2.34. The minimum atomic E-state index is -0.433. The van der Waals surface area contributed by atoms with Crippen molar-refractivity contribution in [3.05, 3.63) is 66.0 Å². The molecular weight excluding hydrogens is 430 g/mol. The van der Waals surface area contributed by atoms with Crippen molar-refractivity contribution in [1.82, 2.24) is 14.9 Å². The first-order valence-electron chi connectivity index (χ1n) is 12.0. The third-order valence-corrected chi connectivity index (χ3v) is 6.98. The number of aliphatic hydroxyl groups is 1. The van der Waals surface area contributed by atoms with Crippen LogP contribution in [0.4, 0.5) is 17.3 Å². The third-order valence-electron chi connectivity index (χ3n) is 6.98. The summed E-state index contributed by atoms with van der Waals surface area (Å²) in [5, 5.41) is 14.4. The second kappa shape index (κ2) is 9.12. The SMILES string of the molecule is O[C@H]1CN(c2cc(Nc3cccc4c3OCCO4)ncn2)CC[C@@H]1N1CCc2ccccc2C1. The zero-order valence-corrected chi connectivity index (χ0v) is 19.1. The molecule has 34 heavy (non-hydrogen) atoms. The molecule has 1 saturated heterocycles. The van der Waals surface area contributed by atoms with E-state index in [4.69, 9.17) is 9.47 Å². The van der Waals surface area contributed by atoms with Crippen LogP contribution in [0.5, 0.6) is 11.5 Å². The van der Waals surface area contributed by atoms with Crippen LogP contribution in [0.25, 0.3) is 0 Å². The zero-order valence-electron chi connectivity index (χ0n) is 19.1. The fourth-order valence-electron chi connectivity index (χ4n) is 5.25. The maximum Gasteiger partial charge on any atom is 0.184 e. The van der Waals surface area contributed by atoms with Gasteiger partial charge in [0.05, 0.1) is 11.8 Å². The molecule has 4 heterocycles. The molecule has 3 aromatic rings. The number of hydrogen-bond acceptors (Lipinski definition) is 8. The van der Waals surface area contributed by atoms with E-state index in [1.807, 2.05) is 24.3 Å². The Bertz CT molecular complexity index is 1170. The van der Waals surface area contributed by atoms with E-state index in [0.717, 1.165) is 49.7 Å². The number of rotatable bonds is 4. The van der Waals surface area contributed by atoms with Crippen molar-refractivity contribution >= 4 is 17.3 Å². The molecule has 176 valence electrons. The van der Waals surface area contributed by atoms with Crippen LogP contribution in [-0.4, -0.2) is 65.0 Å². The van der Waals surface area contributed by atoms with Gasteiger partial charge in [0.2, 0.25) is 0 Å². The maximum absolute atomic E-state index is 11.1. The van der Waals surface area contributed by atoms with Gasteiger partial charge in [0.1, 0.15) is 31.2 Å². The van der Waals surface area contributed by atoms with Gasteiger partial charge in [0.15, 0.2) is 11.5 Å². The second-order valence-electron chi connectivity index (χ2n) is 9.07.